The highest BCUT2D eigenvalue weighted by Gasteiger charge is 2.31. The first-order valence-electron chi connectivity index (χ1n) is 8.47. The average Bonchev–Trinajstić information content (AvgIpc) is 3.23. The van der Waals surface area contributed by atoms with Crippen LogP contribution in [0.15, 0.2) is 41.8 Å². The zero-order chi connectivity index (χ0) is 16.5. The van der Waals surface area contributed by atoms with Gasteiger partial charge in [-0.05, 0) is 42.8 Å². The van der Waals surface area contributed by atoms with Gasteiger partial charge in [-0.25, -0.2) is 4.98 Å². The zero-order valence-corrected chi connectivity index (χ0v) is 14.6. The maximum absolute atomic E-state index is 12.9. The number of nitrogens with zero attached hydrogens (tertiary/aromatic N) is 3. The molecule has 0 unspecified atom stereocenters. The third kappa shape index (κ3) is 2.73. The predicted molar refractivity (Wildman–Crippen MR) is 97.0 cm³/mol. The normalized spacial score (nSPS) is 18.2. The number of benzene rings is 1. The van der Waals surface area contributed by atoms with Gasteiger partial charge >= 0.3 is 0 Å². The van der Waals surface area contributed by atoms with E-state index in [1.807, 2.05) is 40.6 Å². The van der Waals surface area contributed by atoms with Gasteiger partial charge in [0.25, 0.3) is 0 Å². The lowest BCUT2D eigenvalue weighted by Crippen LogP contribution is -2.40. The summed E-state index contributed by atoms with van der Waals surface area (Å²) in [5.74, 6) is 1.23. The summed E-state index contributed by atoms with van der Waals surface area (Å²) in [4.78, 5) is 20.9. The second-order valence-electron chi connectivity index (χ2n) is 6.37. The smallest absolute Gasteiger partial charge is 0.228 e. The molecule has 0 bridgehead atoms. The van der Waals surface area contributed by atoms with E-state index in [1.165, 1.54) is 0 Å². The van der Waals surface area contributed by atoms with Crippen LogP contribution in [0.1, 0.15) is 36.0 Å². The Kier molecular flexibility index (Phi) is 4.10. The van der Waals surface area contributed by atoms with Gasteiger partial charge in [-0.15, -0.1) is 11.3 Å². The number of rotatable bonds is 3. The van der Waals surface area contributed by atoms with Crippen LogP contribution in [0, 0.1) is 0 Å². The van der Waals surface area contributed by atoms with Crippen LogP contribution in [0.4, 0.5) is 0 Å². The number of amides is 1. The summed E-state index contributed by atoms with van der Waals surface area (Å²) in [5, 5.41) is 2.03. The highest BCUT2D eigenvalue weighted by atomic mass is 32.1. The highest BCUT2D eigenvalue weighted by molar-refractivity contribution is 7.10. The number of piperidine rings is 1. The largest absolute Gasteiger partial charge is 0.332 e. The number of imidazole rings is 1. The number of thiophene rings is 1. The molecule has 4 nitrogen and oxygen atoms in total. The lowest BCUT2D eigenvalue weighted by molar-refractivity contribution is -0.134. The van der Waals surface area contributed by atoms with Gasteiger partial charge in [0.05, 0.1) is 23.5 Å². The van der Waals surface area contributed by atoms with Crippen molar-refractivity contribution in [2.45, 2.75) is 31.7 Å². The van der Waals surface area contributed by atoms with Crippen LogP contribution in [0.5, 0.6) is 0 Å². The van der Waals surface area contributed by atoms with Crippen molar-refractivity contribution in [3.05, 3.63) is 52.5 Å². The number of hydrogen-bond acceptors (Lipinski definition) is 3. The van der Waals surface area contributed by atoms with Crippen LogP contribution in [-0.2, 0) is 18.3 Å². The Labute approximate surface area is 145 Å². The topological polar surface area (TPSA) is 38.1 Å². The molecule has 0 spiro atoms. The Balaban J connectivity index is 1.65. The quantitative estimate of drug-likeness (QED) is 0.725. The number of hydrogen-bond donors (Lipinski definition) is 0. The highest BCUT2D eigenvalue weighted by Crippen LogP contribution is 2.32. The molecule has 1 atom stereocenters. The molecule has 1 fully saturated rings. The number of likely N-dealkylation sites (tertiary alicyclic amines) is 1. The standard InChI is InChI=1S/C19H21N3OS/c1-21-16-9-3-2-8-15(16)20-19(21)17-10-4-5-11-22(17)18(23)13-14-7-6-12-24-14/h2-3,6-9,12,17H,4-5,10-11,13H2,1H3/t17-/m1/s1. The summed E-state index contributed by atoms with van der Waals surface area (Å²) in [5.41, 5.74) is 2.13. The van der Waals surface area contributed by atoms with E-state index in [2.05, 4.69) is 17.7 Å². The monoisotopic (exact) mass is 339 g/mol. The lowest BCUT2D eigenvalue weighted by Gasteiger charge is -2.35. The molecular weight excluding hydrogens is 318 g/mol. The fourth-order valence-electron chi connectivity index (χ4n) is 3.62. The average molecular weight is 339 g/mol. The second kappa shape index (κ2) is 6.40. The molecule has 1 amide bonds. The molecule has 0 aliphatic carbocycles. The summed E-state index contributed by atoms with van der Waals surface area (Å²) < 4.78 is 2.15. The van der Waals surface area contributed by atoms with Crippen molar-refractivity contribution < 1.29 is 4.79 Å². The maximum atomic E-state index is 12.9. The summed E-state index contributed by atoms with van der Waals surface area (Å²) in [6.07, 6.45) is 3.72. The van der Waals surface area contributed by atoms with Gasteiger partial charge in [0.2, 0.25) is 5.91 Å². The van der Waals surface area contributed by atoms with E-state index >= 15 is 0 Å². The molecule has 4 rings (SSSR count). The van der Waals surface area contributed by atoms with Crippen LogP contribution in [0.3, 0.4) is 0 Å². The number of aryl methyl sites for hydroxylation is 1. The van der Waals surface area contributed by atoms with Gasteiger partial charge in [-0.2, -0.15) is 0 Å². The van der Waals surface area contributed by atoms with Crippen molar-refractivity contribution >= 4 is 28.3 Å². The Hall–Kier alpha value is -2.14. The Morgan fingerprint density at radius 3 is 2.92 bits per heavy atom. The molecule has 0 radical (unpaired) electrons. The van der Waals surface area contributed by atoms with Gasteiger partial charge in [-0.3, -0.25) is 4.79 Å². The minimum Gasteiger partial charge on any atom is -0.332 e. The molecule has 124 valence electrons. The summed E-state index contributed by atoms with van der Waals surface area (Å²) >= 11 is 1.65. The van der Waals surface area contributed by atoms with Crippen molar-refractivity contribution in [2.24, 2.45) is 7.05 Å². The third-order valence-corrected chi connectivity index (χ3v) is 5.72. The van der Waals surface area contributed by atoms with E-state index in [-0.39, 0.29) is 11.9 Å². The van der Waals surface area contributed by atoms with Crippen LogP contribution >= 0.6 is 11.3 Å². The second-order valence-corrected chi connectivity index (χ2v) is 7.40. The minimum absolute atomic E-state index is 0.0867. The van der Waals surface area contributed by atoms with E-state index in [1.54, 1.807) is 11.3 Å². The molecule has 1 aliphatic heterocycles. The minimum atomic E-state index is 0.0867. The van der Waals surface area contributed by atoms with Gasteiger partial charge in [0.1, 0.15) is 5.82 Å². The van der Waals surface area contributed by atoms with E-state index in [9.17, 15) is 4.79 Å². The van der Waals surface area contributed by atoms with Crippen molar-refractivity contribution in [1.29, 1.82) is 0 Å². The van der Waals surface area contributed by atoms with Crippen LogP contribution in [0.25, 0.3) is 11.0 Å². The van der Waals surface area contributed by atoms with Gasteiger partial charge in [-0.1, -0.05) is 18.2 Å². The van der Waals surface area contributed by atoms with Crippen molar-refractivity contribution in [2.75, 3.05) is 6.54 Å². The molecule has 5 heteroatoms. The summed E-state index contributed by atoms with van der Waals surface area (Å²) in [7, 11) is 2.06. The summed E-state index contributed by atoms with van der Waals surface area (Å²) in [6.45, 7) is 0.831. The molecule has 24 heavy (non-hydrogen) atoms. The van der Waals surface area contributed by atoms with E-state index in [0.29, 0.717) is 6.42 Å². The molecule has 1 aromatic carbocycles. The third-order valence-electron chi connectivity index (χ3n) is 4.85. The first kappa shape index (κ1) is 15.4. The lowest BCUT2D eigenvalue weighted by atomic mass is 10.0. The Bertz CT molecular complexity index is 853. The molecule has 0 saturated carbocycles. The maximum Gasteiger partial charge on any atom is 0.228 e. The zero-order valence-electron chi connectivity index (χ0n) is 13.8. The number of carbonyl (C=O) groups excluding carboxylic acids is 1. The predicted octanol–water partition coefficient (Wildman–Crippen LogP) is 3.93. The molecule has 1 aliphatic rings. The fraction of sp³-hybridized carbons (Fsp3) is 0.368. The number of carbonyl (C=O) groups is 1. The molecule has 0 N–H and O–H groups in total. The molecular formula is C19H21N3OS. The first-order valence-corrected chi connectivity index (χ1v) is 9.35. The van der Waals surface area contributed by atoms with Gasteiger partial charge < -0.3 is 9.47 Å². The fourth-order valence-corrected chi connectivity index (χ4v) is 4.32. The molecule has 3 heterocycles. The molecule has 1 saturated heterocycles. The van der Waals surface area contributed by atoms with Gasteiger partial charge in [0.15, 0.2) is 0 Å². The number of fused-ring (bicyclic) bond motifs is 1. The van der Waals surface area contributed by atoms with Crippen molar-refractivity contribution in [1.82, 2.24) is 14.5 Å². The number of aromatic nitrogens is 2. The van der Waals surface area contributed by atoms with Crippen LogP contribution < -0.4 is 0 Å². The molecule has 3 aromatic rings. The number of para-hydroxylation sites is 2. The van der Waals surface area contributed by atoms with Crippen LogP contribution in [0.2, 0.25) is 0 Å². The van der Waals surface area contributed by atoms with E-state index < -0.39 is 0 Å². The summed E-state index contributed by atoms with van der Waals surface area (Å²) in [6, 6.07) is 12.3. The van der Waals surface area contributed by atoms with Crippen molar-refractivity contribution in [3.63, 3.8) is 0 Å². The van der Waals surface area contributed by atoms with Crippen molar-refractivity contribution in [3.8, 4) is 0 Å². The molecule has 2 aromatic heterocycles. The van der Waals surface area contributed by atoms with E-state index in [0.717, 1.165) is 47.5 Å². The first-order chi connectivity index (χ1) is 11.7. The SMILES string of the molecule is Cn1c([C@H]2CCCCN2C(=O)Cc2cccs2)nc2ccccc21. The van der Waals surface area contributed by atoms with Gasteiger partial charge in [0, 0.05) is 18.5 Å². The van der Waals surface area contributed by atoms with E-state index in [4.69, 9.17) is 4.98 Å². The Morgan fingerprint density at radius 1 is 1.25 bits per heavy atom. The van der Waals surface area contributed by atoms with Crippen LogP contribution in [-0.4, -0.2) is 26.9 Å². The Morgan fingerprint density at radius 2 is 2.12 bits per heavy atom.